The standard InChI is InChI=1S/C15H25NO3S/c1-4-14(16)11-13-7-5-6-8-15(13)19-9-10-20(17,18)12(2)3/h5-8,12,14H,4,9-11,16H2,1-3H3. The second kappa shape index (κ2) is 7.64. The summed E-state index contributed by atoms with van der Waals surface area (Å²) in [5, 5.41) is -0.366. The van der Waals surface area contributed by atoms with Gasteiger partial charge >= 0.3 is 0 Å². The van der Waals surface area contributed by atoms with E-state index < -0.39 is 9.84 Å². The van der Waals surface area contributed by atoms with Gasteiger partial charge in [0.2, 0.25) is 0 Å². The van der Waals surface area contributed by atoms with Gasteiger partial charge < -0.3 is 10.5 Å². The molecule has 0 heterocycles. The number of nitrogens with two attached hydrogens (primary N) is 1. The molecule has 0 fully saturated rings. The maximum Gasteiger partial charge on any atom is 0.155 e. The molecule has 1 rings (SSSR count). The summed E-state index contributed by atoms with van der Waals surface area (Å²) in [5.74, 6) is 0.772. The van der Waals surface area contributed by atoms with E-state index in [1.807, 2.05) is 31.2 Å². The first-order chi connectivity index (χ1) is 9.36. The molecular weight excluding hydrogens is 274 g/mol. The Morgan fingerprint density at radius 2 is 1.90 bits per heavy atom. The van der Waals surface area contributed by atoms with Crippen LogP contribution in [0.4, 0.5) is 0 Å². The van der Waals surface area contributed by atoms with Gasteiger partial charge in [-0.3, -0.25) is 0 Å². The second-order valence-electron chi connectivity index (χ2n) is 5.24. The molecule has 0 aliphatic rings. The molecule has 20 heavy (non-hydrogen) atoms. The van der Waals surface area contributed by atoms with Gasteiger partial charge in [-0.2, -0.15) is 0 Å². The van der Waals surface area contributed by atoms with E-state index in [0.717, 1.165) is 24.2 Å². The van der Waals surface area contributed by atoms with Crippen LogP contribution >= 0.6 is 0 Å². The molecule has 0 bridgehead atoms. The average molecular weight is 299 g/mol. The van der Waals surface area contributed by atoms with Crippen LogP contribution in [0.1, 0.15) is 32.8 Å². The Labute approximate surface area is 122 Å². The zero-order valence-electron chi connectivity index (χ0n) is 12.5. The number of rotatable bonds is 8. The first kappa shape index (κ1) is 17.0. The number of hydrogen-bond donors (Lipinski definition) is 1. The van der Waals surface area contributed by atoms with Gasteiger partial charge in [-0.1, -0.05) is 25.1 Å². The zero-order chi connectivity index (χ0) is 15.2. The third-order valence-electron chi connectivity index (χ3n) is 3.32. The summed E-state index contributed by atoms with van der Waals surface area (Å²) in [7, 11) is -3.06. The normalized spacial score (nSPS) is 13.4. The molecule has 4 nitrogen and oxygen atoms in total. The smallest absolute Gasteiger partial charge is 0.155 e. The van der Waals surface area contributed by atoms with Crippen molar-refractivity contribution in [1.82, 2.24) is 0 Å². The first-order valence-electron chi connectivity index (χ1n) is 7.04. The third-order valence-corrected chi connectivity index (χ3v) is 5.49. The van der Waals surface area contributed by atoms with Crippen LogP contribution in [0.5, 0.6) is 5.75 Å². The molecule has 0 aliphatic heterocycles. The molecule has 0 aliphatic carbocycles. The van der Waals surface area contributed by atoms with E-state index in [2.05, 4.69) is 0 Å². The van der Waals surface area contributed by atoms with Crippen molar-refractivity contribution in [1.29, 1.82) is 0 Å². The molecule has 0 amide bonds. The number of ether oxygens (including phenoxy) is 1. The summed E-state index contributed by atoms with van der Waals surface area (Å²) in [6.45, 7) is 5.59. The number of para-hydroxylation sites is 1. The van der Waals surface area contributed by atoms with Gasteiger partial charge in [-0.05, 0) is 38.3 Å². The molecule has 0 radical (unpaired) electrons. The van der Waals surface area contributed by atoms with Crippen molar-refractivity contribution >= 4 is 9.84 Å². The monoisotopic (exact) mass is 299 g/mol. The van der Waals surface area contributed by atoms with Crippen LogP contribution < -0.4 is 10.5 Å². The SMILES string of the molecule is CCC(N)Cc1ccccc1OCCS(=O)(=O)C(C)C. The molecule has 0 aromatic heterocycles. The molecule has 1 aromatic carbocycles. The van der Waals surface area contributed by atoms with Gasteiger partial charge in [0.15, 0.2) is 9.84 Å². The van der Waals surface area contributed by atoms with Crippen LogP contribution in [0, 0.1) is 0 Å². The average Bonchev–Trinajstić information content (AvgIpc) is 2.40. The van der Waals surface area contributed by atoms with Crippen LogP contribution in [0.2, 0.25) is 0 Å². The van der Waals surface area contributed by atoms with Crippen LogP contribution in [0.3, 0.4) is 0 Å². The lowest BCUT2D eigenvalue weighted by Gasteiger charge is -2.15. The largest absolute Gasteiger partial charge is 0.492 e. The molecule has 1 unspecified atom stereocenters. The summed E-state index contributed by atoms with van der Waals surface area (Å²) in [6.07, 6.45) is 1.64. The first-order valence-corrected chi connectivity index (χ1v) is 8.76. The molecule has 114 valence electrons. The van der Waals surface area contributed by atoms with Crippen molar-refractivity contribution in [3.63, 3.8) is 0 Å². The van der Waals surface area contributed by atoms with E-state index >= 15 is 0 Å². The van der Waals surface area contributed by atoms with Crippen molar-refractivity contribution in [3.05, 3.63) is 29.8 Å². The molecule has 5 heteroatoms. The van der Waals surface area contributed by atoms with Gasteiger partial charge in [0, 0.05) is 6.04 Å². The highest BCUT2D eigenvalue weighted by Crippen LogP contribution is 2.20. The Bertz CT molecular complexity index is 512. The summed E-state index contributed by atoms with van der Waals surface area (Å²) < 4.78 is 29.1. The molecule has 0 saturated carbocycles. The van der Waals surface area contributed by atoms with Crippen LogP contribution in [-0.2, 0) is 16.3 Å². The van der Waals surface area contributed by atoms with E-state index in [1.165, 1.54) is 0 Å². The van der Waals surface area contributed by atoms with Crippen molar-refractivity contribution in [3.8, 4) is 5.75 Å². The lowest BCUT2D eigenvalue weighted by Crippen LogP contribution is -2.23. The molecule has 0 spiro atoms. The van der Waals surface area contributed by atoms with Gasteiger partial charge in [-0.15, -0.1) is 0 Å². The summed E-state index contributed by atoms with van der Waals surface area (Å²) in [6, 6.07) is 7.75. The maximum absolute atomic E-state index is 11.7. The summed E-state index contributed by atoms with van der Waals surface area (Å²) in [4.78, 5) is 0. The van der Waals surface area contributed by atoms with Gasteiger partial charge in [0.1, 0.15) is 12.4 Å². The molecular formula is C15H25NO3S. The summed E-state index contributed by atoms with van der Waals surface area (Å²) in [5.41, 5.74) is 6.99. The van der Waals surface area contributed by atoms with E-state index in [9.17, 15) is 8.42 Å². The highest BCUT2D eigenvalue weighted by molar-refractivity contribution is 7.91. The predicted octanol–water partition coefficient (Wildman–Crippen LogP) is 2.17. The lowest BCUT2D eigenvalue weighted by atomic mass is 10.0. The maximum atomic E-state index is 11.7. The highest BCUT2D eigenvalue weighted by atomic mass is 32.2. The zero-order valence-corrected chi connectivity index (χ0v) is 13.3. The van der Waals surface area contributed by atoms with Crippen molar-refractivity contribution in [2.75, 3.05) is 12.4 Å². The Morgan fingerprint density at radius 3 is 2.50 bits per heavy atom. The molecule has 1 atom stereocenters. The Balaban J connectivity index is 2.64. The fraction of sp³-hybridized carbons (Fsp3) is 0.600. The van der Waals surface area contributed by atoms with E-state index in [4.69, 9.17) is 10.5 Å². The van der Waals surface area contributed by atoms with Crippen molar-refractivity contribution in [2.45, 2.75) is 44.9 Å². The Kier molecular flexibility index (Phi) is 6.49. The molecule has 1 aromatic rings. The van der Waals surface area contributed by atoms with Gasteiger partial charge in [-0.25, -0.2) is 8.42 Å². The van der Waals surface area contributed by atoms with E-state index in [1.54, 1.807) is 13.8 Å². The van der Waals surface area contributed by atoms with E-state index in [-0.39, 0.29) is 23.7 Å². The lowest BCUT2D eigenvalue weighted by molar-refractivity contribution is 0.336. The van der Waals surface area contributed by atoms with Crippen LogP contribution in [0.25, 0.3) is 0 Å². The number of hydrogen-bond acceptors (Lipinski definition) is 4. The fourth-order valence-electron chi connectivity index (χ4n) is 1.74. The van der Waals surface area contributed by atoms with Crippen LogP contribution in [-0.4, -0.2) is 32.1 Å². The Morgan fingerprint density at radius 1 is 1.25 bits per heavy atom. The Hall–Kier alpha value is -1.07. The number of benzene rings is 1. The molecule has 2 N–H and O–H groups in total. The summed E-state index contributed by atoms with van der Waals surface area (Å²) >= 11 is 0. The second-order valence-corrected chi connectivity index (χ2v) is 7.92. The third kappa shape index (κ3) is 5.13. The van der Waals surface area contributed by atoms with Gasteiger partial charge in [0.25, 0.3) is 0 Å². The predicted molar refractivity (Wildman–Crippen MR) is 82.8 cm³/mol. The van der Waals surface area contributed by atoms with Gasteiger partial charge in [0.05, 0.1) is 11.0 Å². The highest BCUT2D eigenvalue weighted by Gasteiger charge is 2.16. The fourth-order valence-corrected chi connectivity index (χ4v) is 2.53. The van der Waals surface area contributed by atoms with Crippen molar-refractivity contribution in [2.24, 2.45) is 5.73 Å². The minimum absolute atomic E-state index is 0.0405. The quantitative estimate of drug-likeness (QED) is 0.798. The van der Waals surface area contributed by atoms with Crippen LogP contribution in [0.15, 0.2) is 24.3 Å². The molecule has 0 saturated heterocycles. The van der Waals surface area contributed by atoms with E-state index in [0.29, 0.717) is 0 Å². The minimum Gasteiger partial charge on any atom is -0.492 e. The topological polar surface area (TPSA) is 69.4 Å². The number of sulfone groups is 1. The minimum atomic E-state index is -3.06. The van der Waals surface area contributed by atoms with Crippen molar-refractivity contribution < 1.29 is 13.2 Å².